The Morgan fingerprint density at radius 1 is 1.15 bits per heavy atom. The van der Waals surface area contributed by atoms with Gasteiger partial charge in [-0.3, -0.25) is 14.4 Å². The average molecular weight is 385 g/mol. The summed E-state index contributed by atoms with van der Waals surface area (Å²) in [6.45, 7) is 0.693. The van der Waals surface area contributed by atoms with Gasteiger partial charge in [0.1, 0.15) is 6.54 Å². The first-order valence-corrected chi connectivity index (χ1v) is 8.69. The lowest BCUT2D eigenvalue weighted by Crippen LogP contribution is -2.33. The smallest absolute Gasteiger partial charge is 0.356 e. The molecule has 1 aromatic carbocycles. The zero-order valence-electron chi connectivity index (χ0n) is 14.9. The summed E-state index contributed by atoms with van der Waals surface area (Å²) < 4.78 is 36.6. The molecule has 1 aliphatic rings. The molecule has 9 heteroatoms. The summed E-state index contributed by atoms with van der Waals surface area (Å²) in [5.74, 6) is -1.03. The van der Waals surface area contributed by atoms with E-state index in [1.807, 2.05) is 0 Å². The standard InChI is InChI=1S/C18H22F3N3O3/c1-11-4-5-13(17(27)23-10-18(19,20)21)9-14(11)24-15(25)3-2-8-22-16(26)12-6-7-12/h4-5,9,12H,2-3,6-8,10H2,1H3,(H,22,26)(H,23,27)(H,24,25). The normalized spacial score (nSPS) is 13.8. The van der Waals surface area contributed by atoms with Gasteiger partial charge in [-0.05, 0) is 43.9 Å². The van der Waals surface area contributed by atoms with Crippen LogP contribution in [0.5, 0.6) is 0 Å². The molecule has 2 rings (SSSR count). The molecule has 0 atom stereocenters. The Hall–Kier alpha value is -2.58. The number of hydrogen-bond donors (Lipinski definition) is 3. The van der Waals surface area contributed by atoms with E-state index in [0.29, 0.717) is 24.2 Å². The van der Waals surface area contributed by atoms with Crippen LogP contribution in [0, 0.1) is 12.8 Å². The number of benzene rings is 1. The van der Waals surface area contributed by atoms with Crippen LogP contribution in [-0.4, -0.2) is 37.0 Å². The van der Waals surface area contributed by atoms with E-state index in [2.05, 4.69) is 10.6 Å². The van der Waals surface area contributed by atoms with Crippen LogP contribution in [0.3, 0.4) is 0 Å². The first kappa shape index (κ1) is 20.7. The van der Waals surface area contributed by atoms with E-state index < -0.39 is 18.6 Å². The van der Waals surface area contributed by atoms with Crippen LogP contribution < -0.4 is 16.0 Å². The summed E-state index contributed by atoms with van der Waals surface area (Å²) in [5, 5.41) is 7.20. The highest BCUT2D eigenvalue weighted by Crippen LogP contribution is 2.28. The molecule has 3 amide bonds. The van der Waals surface area contributed by atoms with E-state index >= 15 is 0 Å². The van der Waals surface area contributed by atoms with Crippen molar-refractivity contribution in [2.75, 3.05) is 18.4 Å². The second-order valence-electron chi connectivity index (χ2n) is 6.54. The van der Waals surface area contributed by atoms with Gasteiger partial charge in [-0.25, -0.2) is 0 Å². The lowest BCUT2D eigenvalue weighted by atomic mass is 10.1. The Morgan fingerprint density at radius 3 is 2.48 bits per heavy atom. The summed E-state index contributed by atoms with van der Waals surface area (Å²) in [6, 6.07) is 4.28. The molecule has 0 heterocycles. The number of alkyl halides is 3. The van der Waals surface area contributed by atoms with Crippen molar-refractivity contribution in [3.8, 4) is 0 Å². The fourth-order valence-electron chi connectivity index (χ4n) is 2.34. The van der Waals surface area contributed by atoms with Gasteiger partial charge >= 0.3 is 6.18 Å². The first-order valence-electron chi connectivity index (χ1n) is 8.69. The Balaban J connectivity index is 1.82. The number of aryl methyl sites for hydroxylation is 1. The highest BCUT2D eigenvalue weighted by molar-refractivity contribution is 5.97. The highest BCUT2D eigenvalue weighted by Gasteiger charge is 2.29. The quantitative estimate of drug-likeness (QED) is 0.601. The van der Waals surface area contributed by atoms with Crippen molar-refractivity contribution in [1.29, 1.82) is 0 Å². The van der Waals surface area contributed by atoms with Crippen molar-refractivity contribution < 1.29 is 27.6 Å². The van der Waals surface area contributed by atoms with Crippen LogP contribution in [0.15, 0.2) is 18.2 Å². The lowest BCUT2D eigenvalue weighted by Gasteiger charge is -2.12. The van der Waals surface area contributed by atoms with Gasteiger partial charge < -0.3 is 16.0 Å². The number of rotatable bonds is 8. The van der Waals surface area contributed by atoms with Crippen LogP contribution in [0.2, 0.25) is 0 Å². The van der Waals surface area contributed by atoms with Crippen LogP contribution in [0.4, 0.5) is 18.9 Å². The molecule has 0 spiro atoms. The minimum absolute atomic E-state index is 0.0174. The molecule has 0 radical (unpaired) electrons. The maximum absolute atomic E-state index is 12.2. The van der Waals surface area contributed by atoms with E-state index in [4.69, 9.17) is 0 Å². The molecule has 27 heavy (non-hydrogen) atoms. The Labute approximate surface area is 154 Å². The molecule has 0 unspecified atom stereocenters. The second kappa shape index (κ2) is 8.88. The van der Waals surface area contributed by atoms with E-state index in [1.54, 1.807) is 18.3 Å². The fraction of sp³-hybridized carbons (Fsp3) is 0.500. The molecule has 0 saturated heterocycles. The van der Waals surface area contributed by atoms with E-state index in [0.717, 1.165) is 12.8 Å². The van der Waals surface area contributed by atoms with Crippen molar-refractivity contribution in [2.24, 2.45) is 5.92 Å². The van der Waals surface area contributed by atoms with Crippen molar-refractivity contribution >= 4 is 23.4 Å². The second-order valence-corrected chi connectivity index (χ2v) is 6.54. The van der Waals surface area contributed by atoms with Gasteiger partial charge in [0.15, 0.2) is 0 Å². The molecule has 1 aromatic rings. The maximum Gasteiger partial charge on any atom is 0.405 e. The van der Waals surface area contributed by atoms with Crippen LogP contribution >= 0.6 is 0 Å². The predicted molar refractivity (Wildman–Crippen MR) is 93.2 cm³/mol. The third-order valence-electron chi connectivity index (χ3n) is 4.05. The molecular weight excluding hydrogens is 363 g/mol. The molecule has 1 fully saturated rings. The maximum atomic E-state index is 12.2. The first-order chi connectivity index (χ1) is 12.7. The number of halogens is 3. The number of hydrogen-bond acceptors (Lipinski definition) is 3. The minimum Gasteiger partial charge on any atom is -0.356 e. The lowest BCUT2D eigenvalue weighted by molar-refractivity contribution is -0.123. The SMILES string of the molecule is Cc1ccc(C(=O)NCC(F)(F)F)cc1NC(=O)CCCNC(=O)C1CC1. The molecule has 0 bridgehead atoms. The highest BCUT2D eigenvalue weighted by atomic mass is 19.4. The summed E-state index contributed by atoms with van der Waals surface area (Å²) in [7, 11) is 0. The summed E-state index contributed by atoms with van der Waals surface area (Å²) in [4.78, 5) is 35.3. The van der Waals surface area contributed by atoms with E-state index in [1.165, 1.54) is 12.1 Å². The third kappa shape index (κ3) is 7.28. The zero-order valence-corrected chi connectivity index (χ0v) is 14.9. The topological polar surface area (TPSA) is 87.3 Å². The number of nitrogens with one attached hydrogen (secondary N) is 3. The van der Waals surface area contributed by atoms with Gasteiger partial charge in [-0.2, -0.15) is 13.2 Å². The van der Waals surface area contributed by atoms with Crippen molar-refractivity contribution in [3.05, 3.63) is 29.3 Å². The molecule has 3 N–H and O–H groups in total. The fourth-order valence-corrected chi connectivity index (χ4v) is 2.34. The van der Waals surface area contributed by atoms with E-state index in [-0.39, 0.29) is 29.7 Å². The Kier molecular flexibility index (Phi) is 6.81. The Bertz CT molecular complexity index is 716. The molecule has 0 aromatic heterocycles. The molecule has 1 saturated carbocycles. The van der Waals surface area contributed by atoms with Crippen LogP contribution in [-0.2, 0) is 9.59 Å². The summed E-state index contributed by atoms with van der Waals surface area (Å²) >= 11 is 0. The minimum atomic E-state index is -4.49. The Morgan fingerprint density at radius 2 is 1.85 bits per heavy atom. The van der Waals surface area contributed by atoms with Gasteiger partial charge in [0, 0.05) is 30.1 Å². The van der Waals surface area contributed by atoms with Gasteiger partial charge in [0.05, 0.1) is 0 Å². The van der Waals surface area contributed by atoms with Crippen molar-refractivity contribution in [1.82, 2.24) is 10.6 Å². The van der Waals surface area contributed by atoms with Gasteiger partial charge in [0.25, 0.3) is 5.91 Å². The van der Waals surface area contributed by atoms with Gasteiger partial charge in [-0.1, -0.05) is 6.07 Å². The molecule has 148 valence electrons. The van der Waals surface area contributed by atoms with Gasteiger partial charge in [0.2, 0.25) is 11.8 Å². The zero-order chi connectivity index (χ0) is 20.0. The van der Waals surface area contributed by atoms with E-state index in [9.17, 15) is 27.6 Å². The molecule has 6 nitrogen and oxygen atoms in total. The molecular formula is C18H22F3N3O3. The molecule has 0 aliphatic heterocycles. The molecule has 1 aliphatic carbocycles. The number of anilines is 1. The monoisotopic (exact) mass is 385 g/mol. The van der Waals surface area contributed by atoms with Crippen molar-refractivity contribution in [3.63, 3.8) is 0 Å². The third-order valence-corrected chi connectivity index (χ3v) is 4.05. The van der Waals surface area contributed by atoms with Gasteiger partial charge in [-0.15, -0.1) is 0 Å². The van der Waals surface area contributed by atoms with Crippen LogP contribution in [0.1, 0.15) is 41.6 Å². The summed E-state index contributed by atoms with van der Waals surface area (Å²) in [6.07, 6.45) is -2.02. The van der Waals surface area contributed by atoms with Crippen molar-refractivity contribution in [2.45, 2.75) is 38.8 Å². The number of carbonyl (C=O) groups excluding carboxylic acids is 3. The average Bonchev–Trinajstić information content (AvgIpc) is 3.43. The predicted octanol–water partition coefficient (Wildman–Crippen LogP) is 2.53. The van der Waals surface area contributed by atoms with Crippen LogP contribution in [0.25, 0.3) is 0 Å². The number of amides is 3. The summed E-state index contributed by atoms with van der Waals surface area (Å²) in [5.41, 5.74) is 1.07. The number of carbonyl (C=O) groups is 3. The largest absolute Gasteiger partial charge is 0.405 e.